The molecule has 0 spiro atoms. The molecule has 0 radical (unpaired) electrons. The van der Waals surface area contributed by atoms with E-state index >= 15 is 0 Å². The van der Waals surface area contributed by atoms with Crippen LogP contribution in [0.3, 0.4) is 0 Å². The molecule has 2 unspecified atom stereocenters. The molecule has 1 aromatic carbocycles. The number of halogens is 1. The van der Waals surface area contributed by atoms with Crippen LogP contribution >= 0.6 is 0 Å². The van der Waals surface area contributed by atoms with Crippen molar-refractivity contribution in [2.24, 2.45) is 5.73 Å². The van der Waals surface area contributed by atoms with E-state index in [-0.39, 0.29) is 18.0 Å². The molecule has 106 valence electrons. The number of nitrogens with two attached hydrogens (primary N) is 1. The van der Waals surface area contributed by atoms with Crippen LogP contribution in [0.1, 0.15) is 30.5 Å². The minimum atomic E-state index is -0.156. The van der Waals surface area contributed by atoms with E-state index < -0.39 is 0 Å². The van der Waals surface area contributed by atoms with E-state index in [1.165, 1.54) is 0 Å². The Morgan fingerprint density at radius 2 is 2.32 bits per heavy atom. The zero-order valence-electron chi connectivity index (χ0n) is 11.7. The van der Waals surface area contributed by atoms with Crippen molar-refractivity contribution in [2.75, 3.05) is 26.2 Å². The molecule has 1 saturated heterocycles. The molecule has 0 aromatic heterocycles. The Kier molecular flexibility index (Phi) is 4.91. The average molecular weight is 266 g/mol. The van der Waals surface area contributed by atoms with Gasteiger partial charge in [0.2, 0.25) is 0 Å². The lowest BCUT2D eigenvalue weighted by atomic mass is 10.0. The summed E-state index contributed by atoms with van der Waals surface area (Å²) in [5, 5.41) is 0. The Balaban J connectivity index is 2.16. The SMILES string of the molecule is CCC1CN(C(CN)c2ccc(C)c(F)c2)CCO1. The number of benzene rings is 1. The Labute approximate surface area is 114 Å². The highest BCUT2D eigenvalue weighted by atomic mass is 19.1. The van der Waals surface area contributed by atoms with Crippen LogP contribution in [0.25, 0.3) is 0 Å². The quantitative estimate of drug-likeness (QED) is 0.908. The van der Waals surface area contributed by atoms with Gasteiger partial charge in [0.05, 0.1) is 12.7 Å². The largest absolute Gasteiger partial charge is 0.376 e. The van der Waals surface area contributed by atoms with Crippen molar-refractivity contribution in [1.82, 2.24) is 4.90 Å². The summed E-state index contributed by atoms with van der Waals surface area (Å²) in [7, 11) is 0. The molecule has 3 nitrogen and oxygen atoms in total. The first-order valence-electron chi connectivity index (χ1n) is 6.97. The summed E-state index contributed by atoms with van der Waals surface area (Å²) >= 11 is 0. The third-order valence-electron chi connectivity index (χ3n) is 3.87. The fourth-order valence-corrected chi connectivity index (χ4v) is 2.58. The van der Waals surface area contributed by atoms with E-state index in [4.69, 9.17) is 10.5 Å². The molecule has 1 heterocycles. The number of hydrogen-bond donors (Lipinski definition) is 1. The molecular formula is C15H23FN2O. The summed E-state index contributed by atoms with van der Waals surface area (Å²) in [5.41, 5.74) is 7.54. The van der Waals surface area contributed by atoms with Crippen molar-refractivity contribution in [2.45, 2.75) is 32.4 Å². The second-order valence-electron chi connectivity index (χ2n) is 5.16. The van der Waals surface area contributed by atoms with E-state index in [9.17, 15) is 4.39 Å². The van der Waals surface area contributed by atoms with Crippen LogP contribution in [0.5, 0.6) is 0 Å². The lowest BCUT2D eigenvalue weighted by Gasteiger charge is -2.38. The highest BCUT2D eigenvalue weighted by molar-refractivity contribution is 5.26. The predicted octanol–water partition coefficient (Wildman–Crippen LogP) is 2.24. The summed E-state index contributed by atoms with van der Waals surface area (Å²) in [6.07, 6.45) is 1.26. The highest BCUT2D eigenvalue weighted by Crippen LogP contribution is 2.24. The Bertz CT molecular complexity index is 425. The number of hydrogen-bond acceptors (Lipinski definition) is 3. The van der Waals surface area contributed by atoms with Gasteiger partial charge in [0, 0.05) is 25.7 Å². The fourth-order valence-electron chi connectivity index (χ4n) is 2.58. The van der Waals surface area contributed by atoms with Crippen LogP contribution < -0.4 is 5.73 Å². The smallest absolute Gasteiger partial charge is 0.126 e. The van der Waals surface area contributed by atoms with Gasteiger partial charge >= 0.3 is 0 Å². The molecule has 2 rings (SSSR count). The van der Waals surface area contributed by atoms with Gasteiger partial charge in [0.1, 0.15) is 5.82 Å². The first kappa shape index (κ1) is 14.4. The van der Waals surface area contributed by atoms with Gasteiger partial charge in [-0.05, 0) is 30.5 Å². The molecule has 19 heavy (non-hydrogen) atoms. The normalized spacial score (nSPS) is 22.4. The Hall–Kier alpha value is -0.970. The fraction of sp³-hybridized carbons (Fsp3) is 0.600. The molecule has 1 aliphatic heterocycles. The number of morpholine rings is 1. The zero-order valence-corrected chi connectivity index (χ0v) is 11.7. The second kappa shape index (κ2) is 6.46. The standard InChI is InChI=1S/C15H23FN2O/c1-3-13-10-18(6-7-19-13)15(9-17)12-5-4-11(2)14(16)8-12/h4-5,8,13,15H,3,6-7,9-10,17H2,1-2H3. The van der Waals surface area contributed by atoms with Crippen molar-refractivity contribution < 1.29 is 9.13 Å². The van der Waals surface area contributed by atoms with Crippen LogP contribution in [0.2, 0.25) is 0 Å². The summed E-state index contributed by atoms with van der Waals surface area (Å²) in [6.45, 7) is 6.85. The van der Waals surface area contributed by atoms with E-state index in [1.807, 2.05) is 12.1 Å². The summed E-state index contributed by atoms with van der Waals surface area (Å²) in [6, 6.07) is 5.49. The van der Waals surface area contributed by atoms with Gasteiger partial charge < -0.3 is 10.5 Å². The van der Waals surface area contributed by atoms with Crippen LogP contribution in [0.15, 0.2) is 18.2 Å². The maximum atomic E-state index is 13.7. The molecule has 1 aromatic rings. The van der Waals surface area contributed by atoms with Gasteiger partial charge in [-0.1, -0.05) is 19.1 Å². The molecule has 0 saturated carbocycles. The molecule has 0 amide bonds. The minimum absolute atomic E-state index is 0.0769. The minimum Gasteiger partial charge on any atom is -0.376 e. The molecule has 1 aliphatic rings. The topological polar surface area (TPSA) is 38.5 Å². The van der Waals surface area contributed by atoms with E-state index in [2.05, 4.69) is 11.8 Å². The zero-order chi connectivity index (χ0) is 13.8. The molecular weight excluding hydrogens is 243 g/mol. The molecule has 2 N–H and O–H groups in total. The van der Waals surface area contributed by atoms with Crippen LogP contribution in [0, 0.1) is 12.7 Å². The van der Waals surface area contributed by atoms with Crippen molar-refractivity contribution in [3.8, 4) is 0 Å². The first-order valence-corrected chi connectivity index (χ1v) is 6.97. The molecule has 1 fully saturated rings. The summed E-state index contributed by atoms with van der Waals surface area (Å²) in [4.78, 5) is 2.31. The lowest BCUT2D eigenvalue weighted by Crippen LogP contribution is -2.46. The van der Waals surface area contributed by atoms with Crippen molar-refractivity contribution in [3.63, 3.8) is 0 Å². The third-order valence-corrected chi connectivity index (χ3v) is 3.87. The van der Waals surface area contributed by atoms with Crippen LogP contribution in [-0.2, 0) is 4.74 Å². The van der Waals surface area contributed by atoms with Gasteiger partial charge in [0.15, 0.2) is 0 Å². The number of aryl methyl sites for hydroxylation is 1. The maximum absolute atomic E-state index is 13.7. The Morgan fingerprint density at radius 3 is 2.95 bits per heavy atom. The highest BCUT2D eigenvalue weighted by Gasteiger charge is 2.26. The first-order chi connectivity index (χ1) is 9.15. The van der Waals surface area contributed by atoms with Gasteiger partial charge in [-0.2, -0.15) is 0 Å². The number of ether oxygens (including phenoxy) is 1. The maximum Gasteiger partial charge on any atom is 0.126 e. The van der Waals surface area contributed by atoms with E-state index in [0.717, 1.165) is 31.7 Å². The van der Waals surface area contributed by atoms with Crippen LogP contribution in [0.4, 0.5) is 4.39 Å². The number of nitrogens with zero attached hydrogens (tertiary/aromatic N) is 1. The van der Waals surface area contributed by atoms with E-state index in [0.29, 0.717) is 12.1 Å². The second-order valence-corrected chi connectivity index (χ2v) is 5.16. The Morgan fingerprint density at radius 1 is 1.53 bits per heavy atom. The van der Waals surface area contributed by atoms with E-state index in [1.54, 1.807) is 13.0 Å². The third kappa shape index (κ3) is 3.32. The summed E-state index contributed by atoms with van der Waals surface area (Å²) < 4.78 is 19.4. The molecule has 2 atom stereocenters. The van der Waals surface area contributed by atoms with Crippen molar-refractivity contribution in [1.29, 1.82) is 0 Å². The molecule has 0 bridgehead atoms. The lowest BCUT2D eigenvalue weighted by molar-refractivity contribution is -0.0437. The van der Waals surface area contributed by atoms with Crippen LogP contribution in [-0.4, -0.2) is 37.2 Å². The predicted molar refractivity (Wildman–Crippen MR) is 74.5 cm³/mol. The summed E-state index contributed by atoms with van der Waals surface area (Å²) in [5.74, 6) is -0.156. The van der Waals surface area contributed by atoms with Gasteiger partial charge in [-0.25, -0.2) is 4.39 Å². The van der Waals surface area contributed by atoms with Gasteiger partial charge in [0.25, 0.3) is 0 Å². The molecule has 0 aliphatic carbocycles. The average Bonchev–Trinajstić information content (AvgIpc) is 2.44. The van der Waals surface area contributed by atoms with Gasteiger partial charge in [-0.3, -0.25) is 4.90 Å². The monoisotopic (exact) mass is 266 g/mol. The van der Waals surface area contributed by atoms with Crippen molar-refractivity contribution >= 4 is 0 Å². The molecule has 4 heteroatoms. The van der Waals surface area contributed by atoms with Crippen molar-refractivity contribution in [3.05, 3.63) is 35.1 Å². The van der Waals surface area contributed by atoms with Gasteiger partial charge in [-0.15, -0.1) is 0 Å². The number of rotatable bonds is 4.